The second kappa shape index (κ2) is 20.8. The Bertz CT molecular complexity index is 1270. The van der Waals surface area contributed by atoms with E-state index in [0.29, 0.717) is 65.6 Å². The summed E-state index contributed by atoms with van der Waals surface area (Å²) in [5.74, 6) is 2.48. The number of carbonyl (C=O) groups excluding carboxylic acids is 2. The number of hydrogen-bond acceptors (Lipinski definition) is 11. The number of aromatic nitrogens is 1. The minimum absolute atomic E-state index is 0.324. The van der Waals surface area contributed by atoms with Gasteiger partial charge in [-0.25, -0.2) is 14.6 Å². The van der Waals surface area contributed by atoms with E-state index in [2.05, 4.69) is 0 Å². The Labute approximate surface area is 285 Å². The summed E-state index contributed by atoms with van der Waals surface area (Å²) in [6, 6.07) is 21.3. The highest BCUT2D eigenvalue weighted by molar-refractivity contribution is 5.75. The molecular weight excluding hydrogens is 614 g/mol. The van der Waals surface area contributed by atoms with Gasteiger partial charge < -0.3 is 38.2 Å². The minimum atomic E-state index is -0.617. The summed E-state index contributed by atoms with van der Waals surface area (Å²) >= 11 is 0. The van der Waals surface area contributed by atoms with E-state index < -0.39 is 12.2 Å². The first-order valence-corrected chi connectivity index (χ1v) is 16.7. The fourth-order valence-electron chi connectivity index (χ4n) is 4.83. The molecule has 48 heavy (non-hydrogen) atoms. The highest BCUT2D eigenvalue weighted by atomic mass is 16.6. The molecule has 262 valence electrons. The van der Waals surface area contributed by atoms with Crippen molar-refractivity contribution < 1.29 is 38.0 Å². The van der Waals surface area contributed by atoms with Gasteiger partial charge in [0.2, 0.25) is 0 Å². The Hall–Kier alpha value is -4.35. The number of nitrogens with zero attached hydrogens (tertiary/aromatic N) is 3. The van der Waals surface area contributed by atoms with Crippen molar-refractivity contribution >= 4 is 23.6 Å². The number of ether oxygens (including phenoxy) is 6. The van der Waals surface area contributed by atoms with Crippen LogP contribution in [0.25, 0.3) is 0 Å². The third kappa shape index (κ3) is 12.7. The maximum absolute atomic E-state index is 12.2. The number of likely N-dealkylation sites (N-methyl/N-ethyl adjacent to an activating group) is 2. The highest BCUT2D eigenvalue weighted by Crippen LogP contribution is 2.19. The maximum Gasteiger partial charge on any atom is 0.335 e. The van der Waals surface area contributed by atoms with Gasteiger partial charge in [-0.05, 0) is 75.2 Å². The van der Waals surface area contributed by atoms with Gasteiger partial charge in [0.1, 0.15) is 36.3 Å². The van der Waals surface area contributed by atoms with E-state index in [4.69, 9.17) is 33.4 Å². The van der Waals surface area contributed by atoms with Crippen LogP contribution in [0.1, 0.15) is 38.8 Å². The van der Waals surface area contributed by atoms with Crippen LogP contribution in [0.3, 0.4) is 0 Å². The van der Waals surface area contributed by atoms with Crippen molar-refractivity contribution in [3.8, 4) is 11.5 Å². The Morgan fingerprint density at radius 1 is 0.604 bits per heavy atom. The lowest BCUT2D eigenvalue weighted by Crippen LogP contribution is -2.29. The molecule has 0 aliphatic rings. The van der Waals surface area contributed by atoms with Crippen LogP contribution in [0.2, 0.25) is 0 Å². The van der Waals surface area contributed by atoms with Crippen LogP contribution >= 0.6 is 0 Å². The molecule has 0 amide bonds. The van der Waals surface area contributed by atoms with Crippen LogP contribution < -0.4 is 19.3 Å². The van der Waals surface area contributed by atoms with Crippen LogP contribution in [-0.4, -0.2) is 96.0 Å². The first-order chi connectivity index (χ1) is 23.3. The van der Waals surface area contributed by atoms with Crippen molar-refractivity contribution in [2.45, 2.75) is 52.7 Å². The number of anilines is 2. The van der Waals surface area contributed by atoms with E-state index in [1.165, 1.54) is 0 Å². The zero-order valence-corrected chi connectivity index (χ0v) is 29.2. The molecule has 0 spiro atoms. The normalized spacial score (nSPS) is 12.1. The van der Waals surface area contributed by atoms with Gasteiger partial charge in [0, 0.05) is 40.2 Å². The summed E-state index contributed by atoms with van der Waals surface area (Å²) < 4.78 is 33.4. The molecular formula is C37H51N3O8. The van der Waals surface area contributed by atoms with E-state index >= 15 is 0 Å². The Kier molecular flexibility index (Phi) is 16.5. The van der Waals surface area contributed by atoms with Gasteiger partial charge >= 0.3 is 11.9 Å². The van der Waals surface area contributed by atoms with Gasteiger partial charge in [0.15, 0.2) is 12.2 Å². The van der Waals surface area contributed by atoms with Crippen molar-refractivity contribution in [3.63, 3.8) is 0 Å². The van der Waals surface area contributed by atoms with Crippen molar-refractivity contribution in [3.05, 3.63) is 77.9 Å². The summed E-state index contributed by atoms with van der Waals surface area (Å²) in [7, 11) is 3.97. The first-order valence-electron chi connectivity index (χ1n) is 16.7. The monoisotopic (exact) mass is 665 g/mol. The highest BCUT2D eigenvalue weighted by Gasteiger charge is 2.21. The van der Waals surface area contributed by atoms with Crippen LogP contribution in [0.5, 0.6) is 11.5 Å². The molecule has 1 unspecified atom stereocenters. The molecule has 3 aromatic rings. The largest absolute Gasteiger partial charge is 0.492 e. The molecule has 0 fully saturated rings. The molecule has 0 bridgehead atoms. The fourth-order valence-corrected chi connectivity index (χ4v) is 4.83. The van der Waals surface area contributed by atoms with Crippen LogP contribution in [0.15, 0.2) is 66.7 Å². The summed E-state index contributed by atoms with van der Waals surface area (Å²) in [5.41, 5.74) is 1.94. The summed E-state index contributed by atoms with van der Waals surface area (Å²) in [5, 5.41) is 0. The third-order valence-electron chi connectivity index (χ3n) is 7.42. The zero-order chi connectivity index (χ0) is 34.7. The molecule has 0 N–H and O–H groups in total. The number of rotatable bonds is 22. The molecule has 11 heteroatoms. The van der Waals surface area contributed by atoms with Gasteiger partial charge in [0.25, 0.3) is 0 Å². The van der Waals surface area contributed by atoms with E-state index in [1.54, 1.807) is 13.8 Å². The van der Waals surface area contributed by atoms with Gasteiger partial charge in [-0.2, -0.15) is 0 Å². The molecule has 0 aliphatic carbocycles. The molecule has 0 saturated carbocycles. The number of hydrogen-bond donors (Lipinski definition) is 0. The SMILES string of the molecule is CCOC(=O)C(Cc1ccc(OCCN(C)c2cccc(N(C)CCOc3ccc(C[C@H](OCC)C(=O)OCC)cc3)n2)cc1)OCC. The quantitative estimate of drug-likeness (QED) is 0.133. The maximum atomic E-state index is 12.2. The lowest BCUT2D eigenvalue weighted by Gasteiger charge is -2.22. The fraction of sp³-hybridized carbons (Fsp3) is 0.486. The van der Waals surface area contributed by atoms with Crippen molar-refractivity contribution in [2.24, 2.45) is 0 Å². The molecule has 2 atom stereocenters. The Balaban J connectivity index is 1.43. The molecule has 3 rings (SSSR count). The summed E-state index contributed by atoms with van der Waals surface area (Å²) in [6.45, 7) is 11.1. The number of pyridine rings is 1. The minimum Gasteiger partial charge on any atom is -0.492 e. The first kappa shape index (κ1) is 38.1. The smallest absolute Gasteiger partial charge is 0.335 e. The average molecular weight is 666 g/mol. The van der Waals surface area contributed by atoms with Crippen molar-refractivity contribution in [2.75, 3.05) is 76.6 Å². The molecule has 1 aromatic heterocycles. The third-order valence-corrected chi connectivity index (χ3v) is 7.42. The topological polar surface area (TPSA) is 109 Å². The standard InChI is InChI=1S/C37H51N3O8/c1-7-43-32(36(41)45-9-3)26-28-14-18-30(19-15-28)47-24-22-39(5)34-12-11-13-35(38-34)40(6)23-25-48-31-20-16-29(17-21-31)27-33(44-8-2)37(42)46-10-4/h11-21,32-33H,7-10,22-27H2,1-6H3/t32-,33?/m0/s1. The van der Waals surface area contributed by atoms with E-state index in [9.17, 15) is 9.59 Å². The predicted molar refractivity (Wildman–Crippen MR) is 186 cm³/mol. The molecule has 2 aromatic carbocycles. The molecule has 0 aliphatic heterocycles. The van der Waals surface area contributed by atoms with Crippen LogP contribution in [-0.2, 0) is 41.4 Å². The van der Waals surface area contributed by atoms with E-state index in [0.717, 1.165) is 34.3 Å². The van der Waals surface area contributed by atoms with E-state index in [-0.39, 0.29) is 11.9 Å². The predicted octanol–water partition coefficient (Wildman–Crippen LogP) is 5.13. The Morgan fingerprint density at radius 3 is 1.35 bits per heavy atom. The van der Waals surface area contributed by atoms with Gasteiger partial charge in [0.05, 0.1) is 26.3 Å². The second-order valence-electron chi connectivity index (χ2n) is 11.0. The van der Waals surface area contributed by atoms with Gasteiger partial charge in [-0.1, -0.05) is 30.3 Å². The number of benzene rings is 2. The van der Waals surface area contributed by atoms with Crippen LogP contribution in [0.4, 0.5) is 11.6 Å². The zero-order valence-electron chi connectivity index (χ0n) is 29.2. The van der Waals surface area contributed by atoms with Crippen molar-refractivity contribution in [1.29, 1.82) is 0 Å². The Morgan fingerprint density at radius 2 is 1.00 bits per heavy atom. The average Bonchev–Trinajstić information content (AvgIpc) is 3.09. The van der Waals surface area contributed by atoms with Crippen LogP contribution in [0, 0.1) is 0 Å². The number of esters is 2. The molecule has 1 heterocycles. The van der Waals surface area contributed by atoms with E-state index in [1.807, 2.05) is 104 Å². The lowest BCUT2D eigenvalue weighted by molar-refractivity contribution is -0.157. The molecule has 0 radical (unpaired) electrons. The second-order valence-corrected chi connectivity index (χ2v) is 11.0. The molecule has 11 nitrogen and oxygen atoms in total. The molecule has 0 saturated heterocycles. The number of carbonyl (C=O) groups is 2. The van der Waals surface area contributed by atoms with Gasteiger partial charge in [-0.15, -0.1) is 0 Å². The lowest BCUT2D eigenvalue weighted by atomic mass is 10.1. The van der Waals surface area contributed by atoms with Gasteiger partial charge in [-0.3, -0.25) is 0 Å². The van der Waals surface area contributed by atoms with Crippen molar-refractivity contribution in [1.82, 2.24) is 4.98 Å². The summed E-state index contributed by atoms with van der Waals surface area (Å²) in [6.07, 6.45) is -0.343. The summed E-state index contributed by atoms with van der Waals surface area (Å²) in [4.78, 5) is 33.2.